The van der Waals surface area contributed by atoms with Crippen molar-refractivity contribution >= 4 is 27.3 Å². The van der Waals surface area contributed by atoms with Crippen LogP contribution in [0, 0.1) is 17.8 Å². The van der Waals surface area contributed by atoms with Gasteiger partial charge in [0.2, 0.25) is 21.7 Å². The molecule has 0 unspecified atom stereocenters. The van der Waals surface area contributed by atoms with Gasteiger partial charge in [-0.2, -0.15) is 4.31 Å². The van der Waals surface area contributed by atoms with Gasteiger partial charge < -0.3 is 34.6 Å². The summed E-state index contributed by atoms with van der Waals surface area (Å²) >= 11 is 0. The zero-order valence-electron chi connectivity index (χ0n) is 39.5. The number of aliphatic hydroxyl groups excluding tert-OH is 2. The van der Waals surface area contributed by atoms with Crippen LogP contribution in [0.2, 0.25) is 0 Å². The molecule has 4 aromatic rings. The number of sulfonamides is 1. The highest BCUT2D eigenvalue weighted by molar-refractivity contribution is 7.89. The maximum Gasteiger partial charge on any atom is 0.243 e. The minimum Gasteiger partial charge on any atom is -0.460 e. The van der Waals surface area contributed by atoms with Crippen LogP contribution in [0.4, 0.5) is 5.69 Å². The first-order valence-corrected chi connectivity index (χ1v) is 25.2. The fourth-order valence-corrected chi connectivity index (χ4v) is 11.8. The predicted octanol–water partition coefficient (Wildman–Crippen LogP) is 10.6. The molecule has 3 N–H and O–H groups in total. The molecule has 0 spiro atoms. The van der Waals surface area contributed by atoms with Crippen molar-refractivity contribution in [2.24, 2.45) is 22.9 Å². The van der Waals surface area contributed by atoms with E-state index in [0.717, 1.165) is 47.9 Å². The SMILES string of the molecule is C=CCO[C@@]12Oc3ccc(Oc4ccc(-c5ccccc5)cc4)cc3[C@H]3[C@H](CCCCO)[C@@H](CCCCO)C=C(C(=NOC(C)(C)C)C[C@@H]1N(CCC)S(=O)(=O)c1ccc(NC(C)=O)cc1)[C@H]32. The van der Waals surface area contributed by atoms with E-state index >= 15 is 8.42 Å². The Kier molecular flexibility index (Phi) is 16.1. The third kappa shape index (κ3) is 11.2. The molecule has 358 valence electrons. The molecule has 1 fully saturated rings. The second kappa shape index (κ2) is 21.8. The van der Waals surface area contributed by atoms with Gasteiger partial charge in [-0.1, -0.05) is 79.5 Å². The molecular formula is C54H67N3O9S. The smallest absolute Gasteiger partial charge is 0.243 e. The molecule has 1 aliphatic heterocycles. The number of amides is 1. The van der Waals surface area contributed by atoms with Crippen LogP contribution in [0.1, 0.15) is 97.5 Å². The number of ether oxygens (including phenoxy) is 3. The molecule has 0 aromatic heterocycles. The number of aliphatic hydroxyl groups is 2. The quantitative estimate of drug-likeness (QED) is 0.0420. The fraction of sp³-hybridized carbons (Fsp3) is 0.444. The van der Waals surface area contributed by atoms with E-state index < -0.39 is 33.4 Å². The van der Waals surface area contributed by atoms with E-state index in [4.69, 9.17) is 24.2 Å². The average molecular weight is 934 g/mol. The minimum absolute atomic E-state index is 0.0187. The summed E-state index contributed by atoms with van der Waals surface area (Å²) < 4.78 is 53.2. The molecule has 7 rings (SSSR count). The van der Waals surface area contributed by atoms with Gasteiger partial charge in [-0.15, -0.1) is 6.58 Å². The Morgan fingerprint density at radius 1 is 0.925 bits per heavy atom. The summed E-state index contributed by atoms with van der Waals surface area (Å²) in [4.78, 5) is 18.2. The van der Waals surface area contributed by atoms with Crippen LogP contribution in [0.25, 0.3) is 11.1 Å². The van der Waals surface area contributed by atoms with Gasteiger partial charge in [-0.25, -0.2) is 8.42 Å². The summed E-state index contributed by atoms with van der Waals surface area (Å²) in [6, 6.07) is 29.3. The van der Waals surface area contributed by atoms with Crippen molar-refractivity contribution in [3.05, 3.63) is 127 Å². The van der Waals surface area contributed by atoms with Crippen LogP contribution in [0.15, 0.2) is 131 Å². The molecule has 1 heterocycles. The van der Waals surface area contributed by atoms with Crippen molar-refractivity contribution in [1.82, 2.24) is 4.31 Å². The van der Waals surface area contributed by atoms with E-state index in [1.54, 1.807) is 18.2 Å². The summed E-state index contributed by atoms with van der Waals surface area (Å²) in [7, 11) is -4.26. The molecule has 0 radical (unpaired) electrons. The zero-order chi connectivity index (χ0) is 47.8. The Labute approximate surface area is 396 Å². The molecule has 0 saturated heterocycles. The molecule has 2 aliphatic carbocycles. The topological polar surface area (TPSA) is 156 Å². The number of allylic oxidation sites excluding steroid dienone is 1. The molecule has 13 heteroatoms. The number of rotatable bonds is 21. The summed E-state index contributed by atoms with van der Waals surface area (Å²) in [5.74, 6) is -0.898. The van der Waals surface area contributed by atoms with Crippen LogP contribution < -0.4 is 14.8 Å². The van der Waals surface area contributed by atoms with Gasteiger partial charge in [-0.3, -0.25) is 4.79 Å². The maximum atomic E-state index is 15.3. The normalized spacial score (nSPS) is 22.8. The van der Waals surface area contributed by atoms with Gasteiger partial charge in [-0.05, 0) is 136 Å². The van der Waals surface area contributed by atoms with Crippen LogP contribution >= 0.6 is 0 Å². The van der Waals surface area contributed by atoms with Gasteiger partial charge in [0.05, 0.1) is 29.2 Å². The highest BCUT2D eigenvalue weighted by Gasteiger charge is 2.66. The Morgan fingerprint density at radius 3 is 2.24 bits per heavy atom. The minimum atomic E-state index is -4.26. The standard InChI is InChI=1S/C54H67N3O9S/c1-7-30-57(67(61,62)44-27-22-41(23-28-44)55-37(3)60)50-36-48(56-66-53(4,5)6)46-34-40(18-12-14-31-58)45(19-13-15-32-59)51-47-35-43(26-29-49(47)65-54(50,52(46)51)63-33-8-2)64-42-24-20-39(21-25-42)38-16-10-9-11-17-38/h8-11,16-17,20-29,34-35,40,45,50-52,58-59H,2,7,12-15,18-19,30-33,36H2,1,3-6H3,(H,55,60)/t40-,45+,50-,51+,52+,54+/m0/s1. The highest BCUT2D eigenvalue weighted by atomic mass is 32.2. The summed E-state index contributed by atoms with van der Waals surface area (Å²) in [5, 5.41) is 27.6. The van der Waals surface area contributed by atoms with Crippen molar-refractivity contribution in [2.45, 2.75) is 114 Å². The van der Waals surface area contributed by atoms with Gasteiger partial charge in [0.15, 0.2) is 0 Å². The lowest BCUT2D eigenvalue weighted by molar-refractivity contribution is -0.251. The second-order valence-corrected chi connectivity index (χ2v) is 20.7. The molecule has 3 aliphatic rings. The first kappa shape index (κ1) is 49.6. The van der Waals surface area contributed by atoms with Gasteiger partial charge >= 0.3 is 0 Å². The van der Waals surface area contributed by atoms with Crippen LogP contribution in [0.3, 0.4) is 0 Å². The zero-order valence-corrected chi connectivity index (χ0v) is 40.3. The predicted molar refractivity (Wildman–Crippen MR) is 263 cm³/mol. The highest BCUT2D eigenvalue weighted by Crippen LogP contribution is 2.62. The van der Waals surface area contributed by atoms with E-state index in [-0.39, 0.29) is 61.3 Å². The number of fused-ring (bicyclic) bond motifs is 2. The Balaban J connectivity index is 1.43. The first-order chi connectivity index (χ1) is 32.2. The lowest BCUT2D eigenvalue weighted by Crippen LogP contribution is -2.70. The van der Waals surface area contributed by atoms with Crippen molar-refractivity contribution in [3.63, 3.8) is 0 Å². The summed E-state index contributed by atoms with van der Waals surface area (Å²) in [6.07, 6.45) is 8.91. The van der Waals surface area contributed by atoms with Gasteiger partial charge in [0.25, 0.3) is 0 Å². The maximum absolute atomic E-state index is 15.3. The first-order valence-electron chi connectivity index (χ1n) is 23.7. The third-order valence-electron chi connectivity index (χ3n) is 12.8. The average Bonchev–Trinajstić information content (AvgIpc) is 3.31. The lowest BCUT2D eigenvalue weighted by atomic mass is 9.55. The number of hydrogen-bond acceptors (Lipinski definition) is 10. The Hall–Kier alpha value is -5.31. The molecular weight excluding hydrogens is 867 g/mol. The van der Waals surface area contributed by atoms with Gasteiger partial charge in [0, 0.05) is 50.3 Å². The number of benzene rings is 4. The van der Waals surface area contributed by atoms with E-state index in [0.29, 0.717) is 47.9 Å². The lowest BCUT2D eigenvalue weighted by Gasteiger charge is -2.59. The number of unbranched alkanes of at least 4 members (excludes halogenated alkanes) is 2. The van der Waals surface area contributed by atoms with E-state index in [9.17, 15) is 15.0 Å². The number of anilines is 1. The van der Waals surface area contributed by atoms with Crippen molar-refractivity contribution in [2.75, 3.05) is 31.7 Å². The number of nitrogens with zero attached hydrogens (tertiary/aromatic N) is 2. The summed E-state index contributed by atoms with van der Waals surface area (Å²) in [5.41, 5.74) is 4.39. The number of carbonyl (C=O) groups excluding carboxylic acids is 1. The van der Waals surface area contributed by atoms with Crippen LogP contribution in [-0.4, -0.2) is 78.4 Å². The molecule has 4 aromatic carbocycles. The molecule has 67 heavy (non-hydrogen) atoms. The van der Waals surface area contributed by atoms with Crippen LogP contribution in [0.5, 0.6) is 17.2 Å². The fourth-order valence-electron chi connectivity index (χ4n) is 10.1. The summed E-state index contributed by atoms with van der Waals surface area (Å²) in [6.45, 7) is 13.5. The molecule has 6 atom stereocenters. The molecule has 1 amide bonds. The molecule has 12 nitrogen and oxygen atoms in total. The van der Waals surface area contributed by atoms with Gasteiger partial charge in [0.1, 0.15) is 22.8 Å². The Morgan fingerprint density at radius 2 is 1.60 bits per heavy atom. The number of carbonyl (C=O) groups is 1. The van der Waals surface area contributed by atoms with Crippen molar-refractivity contribution in [3.8, 4) is 28.4 Å². The van der Waals surface area contributed by atoms with Crippen molar-refractivity contribution in [1.29, 1.82) is 0 Å². The van der Waals surface area contributed by atoms with E-state index in [2.05, 4.69) is 36.2 Å². The van der Waals surface area contributed by atoms with Crippen LogP contribution in [-0.2, 0) is 24.4 Å². The van der Waals surface area contributed by atoms with E-state index in [1.165, 1.54) is 23.4 Å². The van der Waals surface area contributed by atoms with Crippen molar-refractivity contribution < 1.29 is 42.5 Å². The molecule has 1 saturated carbocycles. The largest absolute Gasteiger partial charge is 0.460 e. The monoisotopic (exact) mass is 933 g/mol. The number of oxime groups is 1. The number of hydrogen-bond donors (Lipinski definition) is 3. The Bertz CT molecular complexity index is 2490. The second-order valence-electron chi connectivity index (χ2n) is 18.8. The van der Waals surface area contributed by atoms with E-state index in [1.807, 2.05) is 82.3 Å². The molecule has 0 bridgehead atoms. The number of nitrogens with one attached hydrogen (secondary N) is 1. The third-order valence-corrected chi connectivity index (χ3v) is 14.8.